The molecule has 0 fully saturated rings. The number of alkyl halides is 1. The maximum absolute atomic E-state index is 5.09. The van der Waals surface area contributed by atoms with Crippen LogP contribution < -0.4 is 0 Å². The van der Waals surface area contributed by atoms with Crippen molar-refractivity contribution in [1.29, 1.82) is 0 Å². The molecule has 0 aromatic rings. The van der Waals surface area contributed by atoms with Gasteiger partial charge in [-0.15, -0.1) is 11.6 Å². The summed E-state index contributed by atoms with van der Waals surface area (Å²) in [6.45, 7) is 1.75. The molecule has 0 aromatic heterocycles. The summed E-state index contributed by atoms with van der Waals surface area (Å²) in [5, 5.41) is 0. The average molecular weight is 95.6 g/mol. The molecule has 0 nitrogen and oxygen atoms in total. The average Bonchev–Trinajstić information content (AvgIpc) is 0.811. The minimum atomic E-state index is -0.111. The minimum Gasteiger partial charge on any atom is -0.111 e. The molecule has 0 spiro atoms. The van der Waals surface area contributed by atoms with Crippen LogP contribution in [0.5, 0.6) is 0 Å². The maximum atomic E-state index is 5.09. The molecule has 25 valence electrons. The Balaban J connectivity index is 2.32. The third-order valence-corrected chi connectivity index (χ3v) is 0. The molecule has 0 heterocycles. The van der Waals surface area contributed by atoms with E-state index in [0.717, 1.165) is 0 Å². The topological polar surface area (TPSA) is 0 Å². The Morgan fingerprint density at radius 1 is 2.00 bits per heavy atom. The van der Waals surface area contributed by atoms with Crippen molar-refractivity contribution in [2.45, 2.75) is 11.6 Å². The van der Waals surface area contributed by atoms with Crippen LogP contribution in [0.4, 0.5) is 0 Å². The maximum Gasteiger partial charge on any atom is 0.0864 e. The highest BCUT2D eigenvalue weighted by Crippen LogP contribution is 1.94. The van der Waals surface area contributed by atoms with Crippen LogP contribution in [0.25, 0.3) is 0 Å². The summed E-state index contributed by atoms with van der Waals surface area (Å²) >= 11 is 9.48. The van der Waals surface area contributed by atoms with Gasteiger partial charge in [0.1, 0.15) is 0 Å². The smallest absolute Gasteiger partial charge is 0.0864 e. The van der Waals surface area contributed by atoms with Crippen LogP contribution in [0.2, 0.25) is 0 Å². The van der Waals surface area contributed by atoms with Gasteiger partial charge in [-0.3, -0.25) is 0 Å². The van der Waals surface area contributed by atoms with Crippen LogP contribution >= 0.6 is 24.2 Å². The van der Waals surface area contributed by atoms with E-state index in [-0.39, 0.29) is 4.71 Å². The first-order valence-electron chi connectivity index (χ1n) is 1.03. The van der Waals surface area contributed by atoms with E-state index < -0.39 is 0 Å². The van der Waals surface area contributed by atoms with E-state index in [4.69, 9.17) is 11.6 Å². The van der Waals surface area contributed by atoms with Gasteiger partial charge in [-0.05, 0) is 6.92 Å². The zero-order valence-electron chi connectivity index (χ0n) is 2.36. The van der Waals surface area contributed by atoms with Crippen molar-refractivity contribution in [3.8, 4) is 0 Å². The Bertz CT molecular complexity index is 10.8. The van der Waals surface area contributed by atoms with Crippen molar-refractivity contribution in [1.82, 2.24) is 0 Å². The highest BCUT2D eigenvalue weighted by atomic mass is 35.5. The Labute approximate surface area is 36.6 Å². The fraction of sp³-hybridized carbons (Fsp3) is 1.00. The van der Waals surface area contributed by atoms with E-state index >= 15 is 0 Å². The summed E-state index contributed by atoms with van der Waals surface area (Å²) in [5.74, 6) is 0. The molecule has 0 bridgehead atoms. The van der Waals surface area contributed by atoms with Crippen LogP contribution in [-0.4, -0.2) is 4.71 Å². The summed E-state index contributed by atoms with van der Waals surface area (Å²) in [7, 11) is 0. The first-order chi connectivity index (χ1) is 1.73. The summed E-state index contributed by atoms with van der Waals surface area (Å²) in [4.78, 5) is 0. The zero-order chi connectivity index (χ0) is 3.58. The summed E-state index contributed by atoms with van der Waals surface area (Å²) in [6.07, 6.45) is 0. The number of halogens is 1. The van der Waals surface area contributed by atoms with Gasteiger partial charge in [0.2, 0.25) is 0 Å². The lowest BCUT2D eigenvalue weighted by molar-refractivity contribution is 1.42. The van der Waals surface area contributed by atoms with Gasteiger partial charge in [-0.1, -0.05) is 12.6 Å². The fourth-order valence-corrected chi connectivity index (χ4v) is 0. The van der Waals surface area contributed by atoms with Gasteiger partial charge in [0, 0.05) is 0 Å². The lowest BCUT2D eigenvalue weighted by Crippen LogP contribution is -1.63. The molecule has 0 N–H and O–H groups in total. The summed E-state index contributed by atoms with van der Waals surface area (Å²) in [6, 6.07) is 0. The second kappa shape index (κ2) is 1.91. The Morgan fingerprint density at radius 3 is 2.00 bits per heavy atom. The van der Waals surface area contributed by atoms with Gasteiger partial charge in [0.15, 0.2) is 0 Å². The molecule has 1 unspecified atom stereocenters. The largest absolute Gasteiger partial charge is 0.111 e. The second-order valence-corrected chi connectivity index (χ2v) is 2.16. The van der Waals surface area contributed by atoms with Crippen molar-refractivity contribution in [3.63, 3.8) is 0 Å². The van der Waals surface area contributed by atoms with Crippen molar-refractivity contribution < 1.29 is 0 Å². The number of rotatable bonds is 0. The van der Waals surface area contributed by atoms with Gasteiger partial charge < -0.3 is 0 Å². The lowest BCUT2D eigenvalue weighted by Gasteiger charge is -1.73. The molecule has 4 heavy (non-hydrogen) atoms. The van der Waals surface area contributed by atoms with Gasteiger partial charge in [0.25, 0.3) is 0 Å². The van der Waals surface area contributed by atoms with Crippen LogP contribution in [0.15, 0.2) is 0 Å². The molecule has 1 atom stereocenters. The van der Waals surface area contributed by atoms with E-state index in [2.05, 4.69) is 12.6 Å². The van der Waals surface area contributed by atoms with Crippen molar-refractivity contribution in [2.75, 3.05) is 0 Å². The third kappa shape index (κ3) is 17.3. The monoisotopic (exact) mass is 95.0 g/mol. The van der Waals surface area contributed by atoms with Crippen LogP contribution in [-0.2, 0) is 0 Å². The number of hydrogen-bond donors (Lipinski definition) is 0. The molecule has 1 radical (unpaired) electrons. The molecule has 0 aliphatic heterocycles. The van der Waals surface area contributed by atoms with Crippen LogP contribution in [0, 0.1) is 0 Å². The van der Waals surface area contributed by atoms with E-state index in [0.29, 0.717) is 0 Å². The van der Waals surface area contributed by atoms with Crippen molar-refractivity contribution in [2.24, 2.45) is 0 Å². The first-order valence-corrected chi connectivity index (χ1v) is 1.94. The predicted octanol–water partition coefficient (Wildman–Crippen LogP) is 1.77. The summed E-state index contributed by atoms with van der Waals surface area (Å²) in [5.41, 5.74) is 0. The van der Waals surface area contributed by atoms with Crippen LogP contribution in [0.1, 0.15) is 6.92 Å². The Kier molecular flexibility index (Phi) is 2.22. The third-order valence-electron chi connectivity index (χ3n) is 0. The normalized spacial score (nSPS) is 15.8. The predicted molar refractivity (Wildman–Crippen MR) is 22.9 cm³/mol. The van der Waals surface area contributed by atoms with E-state index in [1.165, 1.54) is 0 Å². The van der Waals surface area contributed by atoms with E-state index in [1.54, 1.807) is 6.92 Å². The van der Waals surface area contributed by atoms with Gasteiger partial charge in [-0.2, -0.15) is 0 Å². The molecule has 0 rings (SSSR count). The Hall–Kier alpha value is 0.640. The van der Waals surface area contributed by atoms with Gasteiger partial charge in [0.05, 0.1) is 4.71 Å². The second-order valence-electron chi connectivity index (χ2n) is 0.543. The molecule has 0 saturated carbocycles. The fourth-order valence-electron chi connectivity index (χ4n) is 0. The molecule has 0 aromatic carbocycles. The van der Waals surface area contributed by atoms with E-state index in [1.807, 2.05) is 0 Å². The molecule has 2 heteroatoms. The minimum absolute atomic E-state index is 0.111. The molecule has 0 amide bonds. The van der Waals surface area contributed by atoms with Crippen molar-refractivity contribution in [3.05, 3.63) is 0 Å². The molecular formula is C2H4ClS. The van der Waals surface area contributed by atoms with Gasteiger partial charge in [-0.25, -0.2) is 0 Å². The molecule has 0 saturated heterocycles. The molecule has 0 aliphatic carbocycles. The summed E-state index contributed by atoms with van der Waals surface area (Å²) < 4.78 is -0.111. The highest BCUT2D eigenvalue weighted by molar-refractivity contribution is 7.82. The molecule has 0 aliphatic rings. The van der Waals surface area contributed by atoms with Crippen LogP contribution in [0.3, 0.4) is 0 Å². The van der Waals surface area contributed by atoms with Crippen molar-refractivity contribution >= 4 is 24.2 Å². The molecular weight excluding hydrogens is 91.5 g/mol. The lowest BCUT2D eigenvalue weighted by atomic mass is 11.0. The standard InChI is InChI=1S/C2H4ClS/c1-2(3)4/h2H,1H3. The van der Waals surface area contributed by atoms with Gasteiger partial charge >= 0.3 is 0 Å². The Morgan fingerprint density at radius 2 is 2.00 bits per heavy atom. The van der Waals surface area contributed by atoms with E-state index in [9.17, 15) is 0 Å². The SMILES string of the molecule is CC([S])Cl. The highest BCUT2D eigenvalue weighted by Gasteiger charge is 1.74. The number of hydrogen-bond acceptors (Lipinski definition) is 0. The first kappa shape index (κ1) is 4.64. The quantitative estimate of drug-likeness (QED) is 0.402. The zero-order valence-corrected chi connectivity index (χ0v) is 3.94.